The zero-order chi connectivity index (χ0) is 15.2. The average molecular weight is 333 g/mol. The zero-order valence-corrected chi connectivity index (χ0v) is 13.7. The Hall–Kier alpha value is -2.07. The Kier molecular flexibility index (Phi) is 6.41. The van der Waals surface area contributed by atoms with Gasteiger partial charge in [0.05, 0.1) is 6.10 Å². The number of amides is 1. The molecule has 23 heavy (non-hydrogen) atoms. The van der Waals surface area contributed by atoms with Crippen molar-refractivity contribution in [1.82, 2.24) is 10.3 Å². The first-order chi connectivity index (χ1) is 10.8. The topological polar surface area (TPSA) is 51.2 Å². The number of ether oxygens (including phenoxy) is 1. The molecule has 1 saturated carbocycles. The minimum absolute atomic E-state index is 0. The van der Waals surface area contributed by atoms with Crippen molar-refractivity contribution in [3.63, 3.8) is 0 Å². The Balaban J connectivity index is 0.00000192. The lowest BCUT2D eigenvalue weighted by molar-refractivity contribution is 0.0951. The molecule has 1 heterocycles. The fourth-order valence-electron chi connectivity index (χ4n) is 2.67. The van der Waals surface area contributed by atoms with Crippen molar-refractivity contribution in [2.75, 3.05) is 0 Å². The molecule has 0 spiro atoms. The Morgan fingerprint density at radius 1 is 1.09 bits per heavy atom. The van der Waals surface area contributed by atoms with Gasteiger partial charge in [-0.25, -0.2) is 0 Å². The van der Waals surface area contributed by atoms with E-state index >= 15 is 0 Å². The van der Waals surface area contributed by atoms with Crippen LogP contribution in [0.15, 0.2) is 48.8 Å². The van der Waals surface area contributed by atoms with Crippen LogP contribution in [-0.2, 0) is 6.54 Å². The van der Waals surface area contributed by atoms with Gasteiger partial charge in [-0.2, -0.15) is 0 Å². The molecule has 1 aromatic carbocycles. The highest BCUT2D eigenvalue weighted by Crippen LogP contribution is 2.24. The molecule has 1 aromatic heterocycles. The second-order valence-electron chi connectivity index (χ2n) is 5.59. The second kappa shape index (κ2) is 8.53. The number of nitrogens with zero attached hydrogens (tertiary/aromatic N) is 1. The number of rotatable bonds is 5. The van der Waals surface area contributed by atoms with E-state index < -0.39 is 0 Å². The van der Waals surface area contributed by atoms with E-state index in [0.29, 0.717) is 18.2 Å². The van der Waals surface area contributed by atoms with Crippen molar-refractivity contribution in [3.8, 4) is 5.75 Å². The molecule has 4 nitrogen and oxygen atoms in total. The zero-order valence-electron chi connectivity index (χ0n) is 12.9. The number of aromatic nitrogens is 1. The molecule has 0 aliphatic heterocycles. The largest absolute Gasteiger partial charge is 0.490 e. The van der Waals surface area contributed by atoms with Gasteiger partial charge < -0.3 is 10.1 Å². The monoisotopic (exact) mass is 332 g/mol. The van der Waals surface area contributed by atoms with Gasteiger partial charge in [0.2, 0.25) is 0 Å². The molecular weight excluding hydrogens is 312 g/mol. The number of carbonyl (C=O) groups is 1. The van der Waals surface area contributed by atoms with Crippen molar-refractivity contribution in [3.05, 3.63) is 59.9 Å². The first kappa shape index (κ1) is 17.3. The smallest absolute Gasteiger partial charge is 0.251 e. The molecule has 5 heteroatoms. The van der Waals surface area contributed by atoms with Gasteiger partial charge in [-0.3, -0.25) is 9.78 Å². The van der Waals surface area contributed by atoms with Crippen LogP contribution in [0.1, 0.15) is 41.6 Å². The molecule has 1 aliphatic carbocycles. The average Bonchev–Trinajstić information content (AvgIpc) is 3.08. The van der Waals surface area contributed by atoms with E-state index in [2.05, 4.69) is 10.3 Å². The van der Waals surface area contributed by atoms with Crippen LogP contribution in [-0.4, -0.2) is 17.0 Å². The Morgan fingerprint density at radius 2 is 1.74 bits per heavy atom. The van der Waals surface area contributed by atoms with Gasteiger partial charge in [0.25, 0.3) is 5.91 Å². The summed E-state index contributed by atoms with van der Waals surface area (Å²) in [5, 5.41) is 2.90. The van der Waals surface area contributed by atoms with Crippen LogP contribution in [0.5, 0.6) is 5.75 Å². The quantitative estimate of drug-likeness (QED) is 0.907. The summed E-state index contributed by atoms with van der Waals surface area (Å²) in [6, 6.07) is 11.4. The highest BCUT2D eigenvalue weighted by molar-refractivity contribution is 5.93. The SMILES string of the molecule is Cl.O=C(NCc1ccc(OC2CCCC2)cc1)c1ccncc1. The maximum atomic E-state index is 12.0. The number of nitrogens with one attached hydrogen (secondary N) is 1. The molecule has 0 unspecified atom stereocenters. The van der Waals surface area contributed by atoms with E-state index in [1.807, 2.05) is 24.3 Å². The lowest BCUT2D eigenvalue weighted by atomic mass is 10.2. The molecule has 0 bridgehead atoms. The highest BCUT2D eigenvalue weighted by Gasteiger charge is 2.16. The Morgan fingerprint density at radius 3 is 2.39 bits per heavy atom. The summed E-state index contributed by atoms with van der Waals surface area (Å²) in [6.45, 7) is 0.505. The van der Waals surface area contributed by atoms with Crippen molar-refractivity contribution in [2.24, 2.45) is 0 Å². The van der Waals surface area contributed by atoms with Crippen LogP contribution in [0.4, 0.5) is 0 Å². The van der Waals surface area contributed by atoms with Gasteiger partial charge in [-0.05, 0) is 55.5 Å². The lowest BCUT2D eigenvalue weighted by Crippen LogP contribution is -2.22. The maximum absolute atomic E-state index is 12.0. The molecular formula is C18H21ClN2O2. The van der Waals surface area contributed by atoms with E-state index in [-0.39, 0.29) is 18.3 Å². The molecule has 3 rings (SSSR count). The lowest BCUT2D eigenvalue weighted by Gasteiger charge is -2.13. The van der Waals surface area contributed by atoms with Gasteiger partial charge in [0.15, 0.2) is 0 Å². The van der Waals surface area contributed by atoms with Crippen molar-refractivity contribution >= 4 is 18.3 Å². The van der Waals surface area contributed by atoms with Crippen molar-refractivity contribution < 1.29 is 9.53 Å². The van der Waals surface area contributed by atoms with E-state index in [9.17, 15) is 4.79 Å². The Bertz CT molecular complexity index is 611. The normalized spacial score (nSPS) is 14.1. The van der Waals surface area contributed by atoms with E-state index in [0.717, 1.165) is 24.2 Å². The third-order valence-corrected chi connectivity index (χ3v) is 3.92. The number of halogens is 1. The third kappa shape index (κ3) is 4.96. The molecule has 2 aromatic rings. The van der Waals surface area contributed by atoms with E-state index in [1.54, 1.807) is 24.5 Å². The number of hydrogen-bond acceptors (Lipinski definition) is 3. The Labute approximate surface area is 142 Å². The summed E-state index contributed by atoms with van der Waals surface area (Å²) in [7, 11) is 0. The van der Waals surface area contributed by atoms with Crippen LogP contribution in [0.25, 0.3) is 0 Å². The van der Waals surface area contributed by atoms with Gasteiger partial charge in [0.1, 0.15) is 5.75 Å². The molecule has 1 N–H and O–H groups in total. The molecule has 1 fully saturated rings. The highest BCUT2D eigenvalue weighted by atomic mass is 35.5. The van der Waals surface area contributed by atoms with Crippen LogP contribution < -0.4 is 10.1 Å². The molecule has 122 valence electrons. The molecule has 1 aliphatic rings. The fraction of sp³-hybridized carbons (Fsp3) is 0.333. The first-order valence-corrected chi connectivity index (χ1v) is 7.75. The third-order valence-electron chi connectivity index (χ3n) is 3.92. The summed E-state index contributed by atoms with van der Waals surface area (Å²) in [5.41, 5.74) is 1.68. The van der Waals surface area contributed by atoms with Gasteiger partial charge >= 0.3 is 0 Å². The number of benzene rings is 1. The summed E-state index contributed by atoms with van der Waals surface area (Å²) in [5.74, 6) is 0.824. The molecule has 0 radical (unpaired) electrons. The minimum Gasteiger partial charge on any atom is -0.490 e. The fourth-order valence-corrected chi connectivity index (χ4v) is 2.67. The summed E-state index contributed by atoms with van der Waals surface area (Å²) < 4.78 is 5.93. The summed E-state index contributed by atoms with van der Waals surface area (Å²) in [6.07, 6.45) is 8.45. The summed E-state index contributed by atoms with van der Waals surface area (Å²) in [4.78, 5) is 15.9. The van der Waals surface area contributed by atoms with Crippen molar-refractivity contribution in [1.29, 1.82) is 0 Å². The molecule has 1 amide bonds. The van der Waals surface area contributed by atoms with Crippen molar-refractivity contribution in [2.45, 2.75) is 38.3 Å². The van der Waals surface area contributed by atoms with Crippen LogP contribution in [0.3, 0.4) is 0 Å². The summed E-state index contributed by atoms with van der Waals surface area (Å²) >= 11 is 0. The molecule has 0 atom stereocenters. The standard InChI is InChI=1S/C18H20N2O2.ClH/c21-18(15-9-11-19-12-10-15)20-13-14-5-7-17(8-6-14)22-16-3-1-2-4-16;/h5-12,16H,1-4,13H2,(H,20,21);1H. The second-order valence-corrected chi connectivity index (χ2v) is 5.59. The van der Waals surface area contributed by atoms with Gasteiger partial charge in [0, 0.05) is 24.5 Å². The van der Waals surface area contributed by atoms with Crippen LogP contribution >= 0.6 is 12.4 Å². The van der Waals surface area contributed by atoms with E-state index in [4.69, 9.17) is 4.74 Å². The predicted octanol–water partition coefficient (Wildman–Crippen LogP) is 3.75. The molecule has 0 saturated heterocycles. The first-order valence-electron chi connectivity index (χ1n) is 7.75. The number of hydrogen-bond donors (Lipinski definition) is 1. The van der Waals surface area contributed by atoms with Gasteiger partial charge in [-0.15, -0.1) is 12.4 Å². The van der Waals surface area contributed by atoms with Crippen LogP contribution in [0.2, 0.25) is 0 Å². The predicted molar refractivity (Wildman–Crippen MR) is 92.0 cm³/mol. The van der Waals surface area contributed by atoms with Gasteiger partial charge in [-0.1, -0.05) is 12.1 Å². The maximum Gasteiger partial charge on any atom is 0.251 e. The minimum atomic E-state index is -0.0892. The van der Waals surface area contributed by atoms with E-state index in [1.165, 1.54) is 12.8 Å². The number of pyridine rings is 1. The van der Waals surface area contributed by atoms with Crippen LogP contribution in [0, 0.1) is 0 Å². The number of carbonyl (C=O) groups excluding carboxylic acids is 1.